The molecule has 1 aliphatic heterocycles. The van der Waals surface area contributed by atoms with E-state index in [9.17, 15) is 18.0 Å². The van der Waals surface area contributed by atoms with E-state index in [0.717, 1.165) is 35.7 Å². The fraction of sp³-hybridized carbons (Fsp3) is 0.226. The molecule has 5 rings (SSSR count). The van der Waals surface area contributed by atoms with E-state index in [1.54, 1.807) is 28.9 Å². The van der Waals surface area contributed by atoms with E-state index in [4.69, 9.17) is 4.98 Å². The summed E-state index contributed by atoms with van der Waals surface area (Å²) in [5.74, 6) is 0.322. The number of aromatic nitrogens is 2. The first-order valence-corrected chi connectivity index (χ1v) is 12.8. The van der Waals surface area contributed by atoms with Gasteiger partial charge in [-0.1, -0.05) is 55.1 Å². The van der Waals surface area contributed by atoms with Crippen LogP contribution in [0.1, 0.15) is 42.1 Å². The van der Waals surface area contributed by atoms with Crippen molar-refractivity contribution >= 4 is 22.5 Å². The smallest absolute Gasteiger partial charge is 0.341 e. The van der Waals surface area contributed by atoms with E-state index in [0.29, 0.717) is 24.6 Å². The summed E-state index contributed by atoms with van der Waals surface area (Å²) in [5, 5.41) is 2.78. The average molecular weight is 531 g/mol. The highest BCUT2D eigenvalue weighted by molar-refractivity contribution is 5.87. The molecule has 1 aliphatic carbocycles. The van der Waals surface area contributed by atoms with Crippen LogP contribution in [0, 0.1) is 0 Å². The Labute approximate surface area is 225 Å². The first kappa shape index (κ1) is 26.4. The van der Waals surface area contributed by atoms with Gasteiger partial charge in [0, 0.05) is 37.1 Å². The maximum Gasteiger partial charge on any atom is 0.417 e. The van der Waals surface area contributed by atoms with Gasteiger partial charge in [-0.2, -0.15) is 13.2 Å². The zero-order valence-corrected chi connectivity index (χ0v) is 21.6. The number of allylic oxidation sites excluding steroid dienone is 8. The number of benzene rings is 1. The van der Waals surface area contributed by atoms with Gasteiger partial charge in [-0.15, -0.1) is 0 Å². The molecule has 3 aromatic rings. The molecule has 0 bridgehead atoms. The highest BCUT2D eigenvalue weighted by Gasteiger charge is 2.36. The number of anilines is 1. The van der Waals surface area contributed by atoms with E-state index in [1.807, 2.05) is 54.3 Å². The van der Waals surface area contributed by atoms with Crippen molar-refractivity contribution in [1.29, 1.82) is 0 Å². The van der Waals surface area contributed by atoms with Crippen molar-refractivity contribution < 1.29 is 13.2 Å². The third kappa shape index (κ3) is 5.52. The number of halogens is 3. The second-order valence-electron chi connectivity index (χ2n) is 9.59. The molecule has 0 radical (unpaired) electrons. The normalized spacial score (nSPS) is 16.1. The molecule has 39 heavy (non-hydrogen) atoms. The Morgan fingerprint density at radius 2 is 1.90 bits per heavy atom. The zero-order valence-electron chi connectivity index (χ0n) is 21.6. The van der Waals surface area contributed by atoms with Crippen LogP contribution in [0.25, 0.3) is 16.7 Å². The molecule has 3 heterocycles. The molecular weight excluding hydrogens is 501 g/mol. The van der Waals surface area contributed by atoms with Crippen LogP contribution in [-0.2, 0) is 25.8 Å². The quantitative estimate of drug-likeness (QED) is 0.329. The summed E-state index contributed by atoms with van der Waals surface area (Å²) in [6.45, 7) is 7.03. The van der Waals surface area contributed by atoms with Gasteiger partial charge in [-0.25, -0.2) is 4.98 Å². The molecule has 8 heteroatoms. The fourth-order valence-corrected chi connectivity index (χ4v) is 5.12. The first-order valence-electron chi connectivity index (χ1n) is 12.8. The highest BCUT2D eigenvalue weighted by atomic mass is 19.4. The minimum atomic E-state index is -4.74. The van der Waals surface area contributed by atoms with Gasteiger partial charge >= 0.3 is 6.18 Å². The molecule has 0 spiro atoms. The van der Waals surface area contributed by atoms with Crippen molar-refractivity contribution in [3.8, 4) is 0 Å². The lowest BCUT2D eigenvalue weighted by Crippen LogP contribution is -2.22. The third-order valence-electron chi connectivity index (χ3n) is 6.77. The molecule has 0 unspecified atom stereocenters. The summed E-state index contributed by atoms with van der Waals surface area (Å²) in [6, 6.07) is 10.2. The third-order valence-corrected chi connectivity index (χ3v) is 6.77. The number of hydrogen-bond acceptors (Lipinski definition) is 4. The van der Waals surface area contributed by atoms with E-state index in [-0.39, 0.29) is 17.9 Å². The highest BCUT2D eigenvalue weighted by Crippen LogP contribution is 2.36. The monoisotopic (exact) mass is 530 g/mol. The van der Waals surface area contributed by atoms with Crippen molar-refractivity contribution in [3.63, 3.8) is 0 Å². The molecule has 2 aromatic heterocycles. The van der Waals surface area contributed by atoms with Crippen molar-refractivity contribution in [3.05, 3.63) is 124 Å². The Balaban J connectivity index is 1.73. The molecule has 0 saturated heterocycles. The molecular formula is C31H29F3N4O. The standard InChI is InChI=1S/C31H29F3N4O/c1-3-10-25(11-4-2)38-28(35-23-14-6-5-7-15-23)17-27(39)29-26(31(32,33)34)16-24(36-30(29)38)20-37-18-21-12-8-9-13-22(21)19-37/h3-4,6,8-17,35H,1,5,7,18-20H2,2H3/b11-4-,25-10+. The predicted molar refractivity (Wildman–Crippen MR) is 150 cm³/mol. The van der Waals surface area contributed by atoms with Crippen LogP contribution in [-0.4, -0.2) is 14.5 Å². The number of pyridine rings is 2. The largest absolute Gasteiger partial charge is 0.417 e. The number of nitrogens with zero attached hydrogens (tertiary/aromatic N) is 3. The summed E-state index contributed by atoms with van der Waals surface area (Å²) in [7, 11) is 0. The van der Waals surface area contributed by atoms with Gasteiger partial charge < -0.3 is 5.32 Å². The van der Waals surface area contributed by atoms with Gasteiger partial charge in [0.05, 0.1) is 16.6 Å². The summed E-state index contributed by atoms with van der Waals surface area (Å²) in [4.78, 5) is 20.1. The first-order chi connectivity index (χ1) is 18.8. The summed E-state index contributed by atoms with van der Waals surface area (Å²) in [6.07, 6.45) is 9.62. The minimum Gasteiger partial charge on any atom is -0.341 e. The Hall–Kier alpha value is -4.17. The molecule has 0 fully saturated rings. The van der Waals surface area contributed by atoms with Crippen LogP contribution in [0.4, 0.5) is 19.0 Å². The Kier molecular flexibility index (Phi) is 7.39. The van der Waals surface area contributed by atoms with Crippen LogP contribution in [0.5, 0.6) is 0 Å². The van der Waals surface area contributed by atoms with Gasteiger partial charge in [0.1, 0.15) is 5.82 Å². The molecule has 1 N–H and O–H groups in total. The van der Waals surface area contributed by atoms with Crippen molar-refractivity contribution in [2.24, 2.45) is 0 Å². The molecule has 0 atom stereocenters. The van der Waals surface area contributed by atoms with E-state index in [1.165, 1.54) is 6.07 Å². The summed E-state index contributed by atoms with van der Waals surface area (Å²) < 4.78 is 44.9. The summed E-state index contributed by atoms with van der Waals surface area (Å²) in [5.41, 5.74) is 2.02. The van der Waals surface area contributed by atoms with Crippen molar-refractivity contribution in [2.75, 3.05) is 5.32 Å². The SMILES string of the molecule is C=C/C=C(\C=C/C)n1c(NC2=CCCC=C2)cc(=O)c2c(C(F)(F)F)cc(CN3Cc4ccccc4C3)nc21. The lowest BCUT2D eigenvalue weighted by molar-refractivity contribution is -0.136. The van der Waals surface area contributed by atoms with Crippen LogP contribution < -0.4 is 10.7 Å². The average Bonchev–Trinajstić information content (AvgIpc) is 3.31. The maximum atomic E-state index is 14.4. The van der Waals surface area contributed by atoms with Crippen LogP contribution in [0.2, 0.25) is 0 Å². The number of rotatable bonds is 7. The topological polar surface area (TPSA) is 50.2 Å². The number of alkyl halides is 3. The predicted octanol–water partition coefficient (Wildman–Crippen LogP) is 7.18. The van der Waals surface area contributed by atoms with E-state index < -0.39 is 22.6 Å². The van der Waals surface area contributed by atoms with Crippen molar-refractivity contribution in [1.82, 2.24) is 14.5 Å². The Morgan fingerprint density at radius 1 is 1.15 bits per heavy atom. The molecule has 200 valence electrons. The number of fused-ring (bicyclic) bond motifs is 2. The minimum absolute atomic E-state index is 0.0573. The lowest BCUT2D eigenvalue weighted by atomic mass is 10.1. The summed E-state index contributed by atoms with van der Waals surface area (Å²) >= 11 is 0. The van der Waals surface area contributed by atoms with E-state index >= 15 is 0 Å². The molecule has 1 aromatic carbocycles. The Bertz CT molecular complexity index is 1580. The van der Waals surface area contributed by atoms with Crippen molar-refractivity contribution in [2.45, 2.75) is 45.6 Å². The fourth-order valence-electron chi connectivity index (χ4n) is 5.12. The molecule has 5 nitrogen and oxygen atoms in total. The second-order valence-corrected chi connectivity index (χ2v) is 9.59. The van der Waals surface area contributed by atoms with Gasteiger partial charge in [0.15, 0.2) is 11.1 Å². The van der Waals surface area contributed by atoms with Gasteiger partial charge in [0.2, 0.25) is 0 Å². The van der Waals surface area contributed by atoms with Crippen LogP contribution in [0.3, 0.4) is 0 Å². The van der Waals surface area contributed by atoms with Gasteiger partial charge in [-0.3, -0.25) is 14.3 Å². The number of hydrogen-bond donors (Lipinski definition) is 1. The Morgan fingerprint density at radius 3 is 2.51 bits per heavy atom. The molecule has 2 aliphatic rings. The molecule has 0 saturated carbocycles. The second kappa shape index (κ2) is 10.9. The van der Waals surface area contributed by atoms with E-state index in [2.05, 4.69) is 11.9 Å². The lowest BCUT2D eigenvalue weighted by Gasteiger charge is -2.22. The van der Waals surface area contributed by atoms with Crippen LogP contribution >= 0.6 is 0 Å². The van der Waals surface area contributed by atoms with Gasteiger partial charge in [-0.05, 0) is 55.2 Å². The maximum absolute atomic E-state index is 14.4. The van der Waals surface area contributed by atoms with Crippen LogP contribution in [0.15, 0.2) is 96.0 Å². The molecule has 0 amide bonds. The van der Waals surface area contributed by atoms with Gasteiger partial charge in [0.25, 0.3) is 0 Å². The number of nitrogens with one attached hydrogen (secondary N) is 1. The zero-order chi connectivity index (χ0) is 27.6.